The van der Waals surface area contributed by atoms with E-state index in [-0.39, 0.29) is 12.4 Å². The summed E-state index contributed by atoms with van der Waals surface area (Å²) in [6, 6.07) is 3.28. The van der Waals surface area contributed by atoms with Crippen LogP contribution in [0, 0.1) is 6.92 Å². The monoisotopic (exact) mass is 210 g/mol. The van der Waals surface area contributed by atoms with E-state index in [1.165, 1.54) is 0 Å². The van der Waals surface area contributed by atoms with E-state index in [2.05, 4.69) is 0 Å². The zero-order valence-corrected chi connectivity index (χ0v) is 8.78. The molecule has 0 aromatic heterocycles. The van der Waals surface area contributed by atoms with Gasteiger partial charge in [-0.25, -0.2) is 4.79 Å². The summed E-state index contributed by atoms with van der Waals surface area (Å²) in [6.45, 7) is 3.30. The molecule has 4 heteroatoms. The molecule has 1 aromatic carbocycles. The van der Waals surface area contributed by atoms with Crippen molar-refractivity contribution in [2.45, 2.75) is 20.3 Å². The van der Waals surface area contributed by atoms with E-state index >= 15 is 0 Å². The highest BCUT2D eigenvalue weighted by atomic mass is 16.5. The first-order valence-electron chi connectivity index (χ1n) is 4.71. The standard InChI is InChI=1S/C11H14O4/c1-3-8-5-9(15-6-10(12)13)4-7(2)11(8)14/h4-5,14H,3,6H2,1-2H3,(H,12,13). The zero-order chi connectivity index (χ0) is 11.4. The summed E-state index contributed by atoms with van der Waals surface area (Å²) in [6.07, 6.45) is 0.678. The fraction of sp³-hybridized carbons (Fsp3) is 0.364. The van der Waals surface area contributed by atoms with Gasteiger partial charge in [0.2, 0.25) is 0 Å². The third kappa shape index (κ3) is 2.87. The Kier molecular flexibility index (Phi) is 3.55. The topological polar surface area (TPSA) is 66.8 Å². The van der Waals surface area contributed by atoms with Crippen LogP contribution in [0.15, 0.2) is 12.1 Å². The predicted molar refractivity (Wildman–Crippen MR) is 55.4 cm³/mol. The van der Waals surface area contributed by atoms with Gasteiger partial charge in [-0.2, -0.15) is 0 Å². The van der Waals surface area contributed by atoms with Gasteiger partial charge in [0.05, 0.1) is 0 Å². The Hall–Kier alpha value is -1.71. The largest absolute Gasteiger partial charge is 0.507 e. The van der Waals surface area contributed by atoms with Crippen molar-refractivity contribution in [2.24, 2.45) is 0 Å². The summed E-state index contributed by atoms with van der Waals surface area (Å²) in [5.41, 5.74) is 1.45. The van der Waals surface area contributed by atoms with E-state index in [9.17, 15) is 9.90 Å². The molecule has 0 heterocycles. The number of benzene rings is 1. The van der Waals surface area contributed by atoms with Gasteiger partial charge in [0.1, 0.15) is 11.5 Å². The Morgan fingerprint density at radius 3 is 2.67 bits per heavy atom. The van der Waals surface area contributed by atoms with E-state index in [0.717, 1.165) is 5.56 Å². The summed E-state index contributed by atoms with van der Waals surface area (Å²) in [5.74, 6) is -0.288. The SMILES string of the molecule is CCc1cc(OCC(=O)O)cc(C)c1O. The van der Waals surface area contributed by atoms with Crippen molar-refractivity contribution in [3.8, 4) is 11.5 Å². The summed E-state index contributed by atoms with van der Waals surface area (Å²) in [5, 5.41) is 18.1. The van der Waals surface area contributed by atoms with Crippen molar-refractivity contribution in [1.82, 2.24) is 0 Å². The number of aliphatic carboxylic acids is 1. The normalized spacial score (nSPS) is 10.0. The number of hydrogen-bond donors (Lipinski definition) is 2. The van der Waals surface area contributed by atoms with Crippen LogP contribution in [0.25, 0.3) is 0 Å². The number of phenolic OH excluding ortho intramolecular Hbond substituents is 1. The van der Waals surface area contributed by atoms with Crippen LogP contribution in [0.5, 0.6) is 11.5 Å². The van der Waals surface area contributed by atoms with Crippen molar-refractivity contribution in [3.63, 3.8) is 0 Å². The molecule has 1 rings (SSSR count). The van der Waals surface area contributed by atoms with E-state index < -0.39 is 5.97 Å². The van der Waals surface area contributed by atoms with Crippen LogP contribution in [-0.4, -0.2) is 22.8 Å². The second-order valence-corrected chi connectivity index (χ2v) is 3.28. The van der Waals surface area contributed by atoms with Crippen LogP contribution in [0.3, 0.4) is 0 Å². The number of ether oxygens (including phenoxy) is 1. The van der Waals surface area contributed by atoms with Crippen molar-refractivity contribution in [1.29, 1.82) is 0 Å². The van der Waals surface area contributed by atoms with Gasteiger partial charge in [0.15, 0.2) is 6.61 Å². The number of rotatable bonds is 4. The molecule has 0 saturated heterocycles. The van der Waals surface area contributed by atoms with Crippen LogP contribution in [-0.2, 0) is 11.2 Å². The first-order chi connectivity index (χ1) is 7.04. The molecule has 0 radical (unpaired) electrons. The van der Waals surface area contributed by atoms with Gasteiger partial charge in [-0.05, 0) is 36.6 Å². The van der Waals surface area contributed by atoms with Crippen LogP contribution in [0.2, 0.25) is 0 Å². The summed E-state index contributed by atoms with van der Waals surface area (Å²) in [4.78, 5) is 10.3. The lowest BCUT2D eigenvalue weighted by Crippen LogP contribution is -2.09. The molecule has 0 spiro atoms. The summed E-state index contributed by atoms with van der Waals surface area (Å²) in [7, 11) is 0. The molecule has 0 fully saturated rings. The fourth-order valence-corrected chi connectivity index (χ4v) is 1.31. The average Bonchev–Trinajstić information content (AvgIpc) is 2.19. The van der Waals surface area contributed by atoms with E-state index in [1.54, 1.807) is 19.1 Å². The molecule has 2 N–H and O–H groups in total. The molecular formula is C11H14O4. The molecule has 0 aliphatic heterocycles. The molecule has 4 nitrogen and oxygen atoms in total. The van der Waals surface area contributed by atoms with Crippen molar-refractivity contribution < 1.29 is 19.7 Å². The fourth-order valence-electron chi connectivity index (χ4n) is 1.31. The minimum absolute atomic E-state index is 0.250. The molecule has 0 aliphatic rings. The van der Waals surface area contributed by atoms with Gasteiger partial charge >= 0.3 is 5.97 Å². The van der Waals surface area contributed by atoms with Gasteiger partial charge < -0.3 is 14.9 Å². The lowest BCUT2D eigenvalue weighted by atomic mass is 10.1. The molecule has 15 heavy (non-hydrogen) atoms. The van der Waals surface area contributed by atoms with E-state index in [0.29, 0.717) is 17.7 Å². The molecule has 82 valence electrons. The predicted octanol–water partition coefficient (Wildman–Crippen LogP) is 1.73. The van der Waals surface area contributed by atoms with Gasteiger partial charge in [-0.3, -0.25) is 0 Å². The Bertz CT molecular complexity index is 371. The number of aromatic hydroxyl groups is 1. The molecule has 0 atom stereocenters. The van der Waals surface area contributed by atoms with Crippen molar-refractivity contribution >= 4 is 5.97 Å². The van der Waals surface area contributed by atoms with Crippen molar-refractivity contribution in [3.05, 3.63) is 23.3 Å². The Morgan fingerprint density at radius 2 is 2.13 bits per heavy atom. The van der Waals surface area contributed by atoms with E-state index in [1.807, 2.05) is 6.92 Å². The highest BCUT2D eigenvalue weighted by Gasteiger charge is 2.07. The molecule has 0 saturated carbocycles. The van der Waals surface area contributed by atoms with Gasteiger partial charge in [-0.1, -0.05) is 6.92 Å². The Labute approximate surface area is 88.1 Å². The Balaban J connectivity index is 2.90. The van der Waals surface area contributed by atoms with Crippen LogP contribution < -0.4 is 4.74 Å². The van der Waals surface area contributed by atoms with Crippen LogP contribution in [0.1, 0.15) is 18.1 Å². The minimum atomic E-state index is -1.02. The number of aryl methyl sites for hydroxylation is 2. The van der Waals surface area contributed by atoms with Gasteiger partial charge in [0.25, 0.3) is 0 Å². The third-order valence-corrected chi connectivity index (χ3v) is 2.10. The molecule has 0 unspecified atom stereocenters. The number of carboxylic acid groups (broad SMARTS) is 1. The highest BCUT2D eigenvalue weighted by Crippen LogP contribution is 2.28. The van der Waals surface area contributed by atoms with Gasteiger partial charge in [0, 0.05) is 0 Å². The highest BCUT2D eigenvalue weighted by molar-refractivity contribution is 5.68. The number of carbonyl (C=O) groups is 1. The molecular weight excluding hydrogens is 196 g/mol. The second-order valence-electron chi connectivity index (χ2n) is 3.28. The van der Waals surface area contributed by atoms with E-state index in [4.69, 9.17) is 9.84 Å². The quantitative estimate of drug-likeness (QED) is 0.794. The van der Waals surface area contributed by atoms with Crippen molar-refractivity contribution in [2.75, 3.05) is 6.61 Å². The molecule has 0 bridgehead atoms. The molecule has 0 aliphatic carbocycles. The maximum atomic E-state index is 10.3. The average molecular weight is 210 g/mol. The first-order valence-corrected chi connectivity index (χ1v) is 4.71. The number of carboxylic acids is 1. The molecule has 1 aromatic rings. The second kappa shape index (κ2) is 4.68. The zero-order valence-electron chi connectivity index (χ0n) is 8.78. The molecule has 0 amide bonds. The maximum absolute atomic E-state index is 10.3. The lowest BCUT2D eigenvalue weighted by Gasteiger charge is -2.09. The number of phenols is 1. The Morgan fingerprint density at radius 1 is 1.47 bits per heavy atom. The summed E-state index contributed by atoms with van der Waals surface area (Å²) < 4.78 is 5.04. The number of hydrogen-bond acceptors (Lipinski definition) is 3. The lowest BCUT2D eigenvalue weighted by molar-refractivity contribution is -0.139. The maximum Gasteiger partial charge on any atom is 0.341 e. The summed E-state index contributed by atoms with van der Waals surface area (Å²) >= 11 is 0. The van der Waals surface area contributed by atoms with Crippen LogP contribution in [0.4, 0.5) is 0 Å². The minimum Gasteiger partial charge on any atom is -0.507 e. The van der Waals surface area contributed by atoms with Gasteiger partial charge in [-0.15, -0.1) is 0 Å². The van der Waals surface area contributed by atoms with Crippen LogP contribution >= 0.6 is 0 Å². The third-order valence-electron chi connectivity index (χ3n) is 2.10. The smallest absolute Gasteiger partial charge is 0.341 e. The first kappa shape index (κ1) is 11.4.